The summed E-state index contributed by atoms with van der Waals surface area (Å²) in [6.45, 7) is 0. The summed E-state index contributed by atoms with van der Waals surface area (Å²) in [5.41, 5.74) is 2.19. The Hall–Kier alpha value is -4.07. The molecule has 0 radical (unpaired) electrons. The minimum absolute atomic E-state index is 0.0174. The van der Waals surface area contributed by atoms with Gasteiger partial charge in [0.25, 0.3) is 5.69 Å². The third-order valence-electron chi connectivity index (χ3n) is 3.91. The molecule has 8 heteroatoms. The smallest absolute Gasteiger partial charge is 0.269 e. The molecule has 8 nitrogen and oxygen atoms in total. The van der Waals surface area contributed by atoms with Crippen LogP contribution in [0, 0.1) is 10.1 Å². The summed E-state index contributed by atoms with van der Waals surface area (Å²) in [5, 5.41) is 22.7. The first-order valence-corrected chi connectivity index (χ1v) is 8.16. The van der Waals surface area contributed by atoms with Crippen molar-refractivity contribution in [1.29, 1.82) is 0 Å². The first-order valence-electron chi connectivity index (χ1n) is 8.16. The Labute approximate surface area is 154 Å². The Morgan fingerprint density at radius 1 is 0.889 bits per heavy atom. The number of pyridine rings is 1. The highest BCUT2D eigenvalue weighted by molar-refractivity contribution is 5.62. The highest BCUT2D eigenvalue weighted by atomic mass is 16.6. The van der Waals surface area contributed by atoms with E-state index in [1.807, 2.05) is 48.5 Å². The molecule has 0 atom stereocenters. The molecule has 2 aromatic carbocycles. The lowest BCUT2D eigenvalue weighted by atomic mass is 10.2. The van der Waals surface area contributed by atoms with E-state index in [-0.39, 0.29) is 5.69 Å². The van der Waals surface area contributed by atoms with Crippen molar-refractivity contribution in [1.82, 2.24) is 19.7 Å². The van der Waals surface area contributed by atoms with E-state index >= 15 is 0 Å². The van der Waals surface area contributed by atoms with Gasteiger partial charge in [0.1, 0.15) is 5.69 Å². The van der Waals surface area contributed by atoms with Gasteiger partial charge in [0, 0.05) is 24.0 Å². The molecule has 0 bridgehead atoms. The number of nitrogens with zero attached hydrogens (tertiary/aromatic N) is 5. The minimum Gasteiger partial charge on any atom is -0.324 e. The standard InChI is InChI=1S/C19H14N6O2/c26-25(27)16-11-9-15(10-12-16)24-18(17-8-4-5-13-20-17)22-23-19(24)21-14-6-2-1-3-7-14/h1-13H,(H,21,23). The lowest BCUT2D eigenvalue weighted by Crippen LogP contribution is -2.04. The summed E-state index contributed by atoms with van der Waals surface area (Å²) < 4.78 is 1.78. The number of hydrogen-bond acceptors (Lipinski definition) is 6. The zero-order chi connectivity index (χ0) is 18.6. The van der Waals surface area contributed by atoms with Crippen LogP contribution < -0.4 is 5.32 Å². The quantitative estimate of drug-likeness (QED) is 0.428. The monoisotopic (exact) mass is 358 g/mol. The van der Waals surface area contributed by atoms with Crippen LogP contribution in [0.3, 0.4) is 0 Å². The van der Waals surface area contributed by atoms with Gasteiger partial charge in [-0.1, -0.05) is 24.3 Å². The second-order valence-corrected chi connectivity index (χ2v) is 5.66. The average Bonchev–Trinajstić information content (AvgIpc) is 3.13. The van der Waals surface area contributed by atoms with Gasteiger partial charge in [0.2, 0.25) is 5.95 Å². The van der Waals surface area contributed by atoms with E-state index in [0.717, 1.165) is 5.69 Å². The molecule has 0 aliphatic rings. The van der Waals surface area contributed by atoms with Crippen LogP contribution in [0.15, 0.2) is 79.0 Å². The van der Waals surface area contributed by atoms with E-state index in [9.17, 15) is 10.1 Å². The number of hydrogen-bond donors (Lipinski definition) is 1. The molecule has 0 aliphatic carbocycles. The first kappa shape index (κ1) is 16.4. The Kier molecular flexibility index (Phi) is 4.28. The van der Waals surface area contributed by atoms with Gasteiger partial charge in [-0.25, -0.2) is 0 Å². The van der Waals surface area contributed by atoms with Crippen LogP contribution in [-0.2, 0) is 0 Å². The van der Waals surface area contributed by atoms with Gasteiger partial charge in [0.15, 0.2) is 5.82 Å². The number of benzene rings is 2. The van der Waals surface area contributed by atoms with Crippen molar-refractivity contribution in [3.8, 4) is 17.2 Å². The number of nitrogens with one attached hydrogen (secondary N) is 1. The molecule has 0 saturated carbocycles. The lowest BCUT2D eigenvalue weighted by Gasteiger charge is -2.11. The highest BCUT2D eigenvalue weighted by Gasteiger charge is 2.17. The van der Waals surface area contributed by atoms with Crippen LogP contribution >= 0.6 is 0 Å². The third-order valence-corrected chi connectivity index (χ3v) is 3.91. The summed E-state index contributed by atoms with van der Waals surface area (Å²) in [5.74, 6) is 1.01. The molecule has 0 amide bonds. The maximum atomic E-state index is 10.9. The molecule has 0 unspecified atom stereocenters. The Bertz CT molecular complexity index is 1060. The van der Waals surface area contributed by atoms with Crippen molar-refractivity contribution >= 4 is 17.3 Å². The number of anilines is 2. The maximum absolute atomic E-state index is 10.9. The lowest BCUT2D eigenvalue weighted by molar-refractivity contribution is -0.384. The van der Waals surface area contributed by atoms with E-state index in [0.29, 0.717) is 23.2 Å². The number of nitro groups is 1. The van der Waals surface area contributed by atoms with Crippen LogP contribution in [0.2, 0.25) is 0 Å². The number of para-hydroxylation sites is 1. The van der Waals surface area contributed by atoms with Crippen LogP contribution in [-0.4, -0.2) is 24.7 Å². The normalized spacial score (nSPS) is 10.5. The molecule has 2 aromatic heterocycles. The molecule has 27 heavy (non-hydrogen) atoms. The molecule has 4 rings (SSSR count). The number of non-ortho nitro benzene ring substituents is 1. The zero-order valence-corrected chi connectivity index (χ0v) is 14.1. The van der Waals surface area contributed by atoms with Crippen molar-refractivity contribution in [3.05, 3.63) is 89.1 Å². The topological polar surface area (TPSA) is 98.8 Å². The van der Waals surface area contributed by atoms with Gasteiger partial charge >= 0.3 is 0 Å². The van der Waals surface area contributed by atoms with Crippen LogP contribution in [0.25, 0.3) is 17.2 Å². The first-order chi connectivity index (χ1) is 13.2. The molecular weight excluding hydrogens is 344 g/mol. The summed E-state index contributed by atoms with van der Waals surface area (Å²) in [4.78, 5) is 14.9. The van der Waals surface area contributed by atoms with E-state index in [1.54, 1.807) is 22.9 Å². The fourth-order valence-electron chi connectivity index (χ4n) is 2.64. The summed E-state index contributed by atoms with van der Waals surface area (Å²) in [6, 6.07) is 21.3. The van der Waals surface area contributed by atoms with Gasteiger partial charge in [-0.05, 0) is 36.4 Å². The molecule has 1 N–H and O–H groups in total. The van der Waals surface area contributed by atoms with Gasteiger partial charge in [-0.3, -0.25) is 19.7 Å². The maximum Gasteiger partial charge on any atom is 0.269 e. The number of nitro benzene ring substituents is 1. The van der Waals surface area contributed by atoms with E-state index in [4.69, 9.17) is 0 Å². The predicted molar refractivity (Wildman–Crippen MR) is 101 cm³/mol. The summed E-state index contributed by atoms with van der Waals surface area (Å²) in [7, 11) is 0. The van der Waals surface area contributed by atoms with Crippen molar-refractivity contribution in [2.75, 3.05) is 5.32 Å². The van der Waals surface area contributed by atoms with Gasteiger partial charge < -0.3 is 5.32 Å². The van der Waals surface area contributed by atoms with Crippen LogP contribution in [0.1, 0.15) is 0 Å². The Morgan fingerprint density at radius 2 is 1.63 bits per heavy atom. The van der Waals surface area contributed by atoms with Crippen LogP contribution in [0.5, 0.6) is 0 Å². The fraction of sp³-hybridized carbons (Fsp3) is 0. The molecule has 0 fully saturated rings. The minimum atomic E-state index is -0.432. The second kappa shape index (κ2) is 7.04. The second-order valence-electron chi connectivity index (χ2n) is 5.66. The zero-order valence-electron chi connectivity index (χ0n) is 14.1. The van der Waals surface area contributed by atoms with E-state index < -0.39 is 4.92 Å². The molecule has 2 heterocycles. The van der Waals surface area contributed by atoms with Gasteiger partial charge in [-0.15, -0.1) is 10.2 Å². The molecule has 0 saturated heterocycles. The summed E-state index contributed by atoms with van der Waals surface area (Å²) in [6.07, 6.45) is 1.68. The largest absolute Gasteiger partial charge is 0.324 e. The number of rotatable bonds is 5. The van der Waals surface area contributed by atoms with Crippen molar-refractivity contribution < 1.29 is 4.92 Å². The molecular formula is C19H14N6O2. The third kappa shape index (κ3) is 3.36. The van der Waals surface area contributed by atoms with Crippen molar-refractivity contribution in [3.63, 3.8) is 0 Å². The van der Waals surface area contributed by atoms with Crippen LogP contribution in [0.4, 0.5) is 17.3 Å². The molecule has 0 aliphatic heterocycles. The Morgan fingerprint density at radius 3 is 2.30 bits per heavy atom. The number of aromatic nitrogens is 4. The SMILES string of the molecule is O=[N+]([O-])c1ccc(-n2c(Nc3ccccc3)nnc2-c2ccccn2)cc1. The van der Waals surface area contributed by atoms with E-state index in [1.165, 1.54) is 12.1 Å². The molecule has 0 spiro atoms. The summed E-state index contributed by atoms with van der Waals surface area (Å²) >= 11 is 0. The van der Waals surface area contributed by atoms with E-state index in [2.05, 4.69) is 20.5 Å². The van der Waals surface area contributed by atoms with Crippen molar-refractivity contribution in [2.45, 2.75) is 0 Å². The fourth-order valence-corrected chi connectivity index (χ4v) is 2.64. The van der Waals surface area contributed by atoms with Gasteiger partial charge in [0.05, 0.1) is 10.6 Å². The molecule has 4 aromatic rings. The van der Waals surface area contributed by atoms with Gasteiger partial charge in [-0.2, -0.15) is 0 Å². The predicted octanol–water partition coefficient (Wildman–Crippen LogP) is 3.98. The average molecular weight is 358 g/mol. The Balaban J connectivity index is 1.83. The molecule has 132 valence electrons. The van der Waals surface area contributed by atoms with Crippen molar-refractivity contribution in [2.24, 2.45) is 0 Å². The highest BCUT2D eigenvalue weighted by Crippen LogP contribution is 2.27.